The molecule has 0 atom stereocenters. The molecular formula is C9H10ClN5. The zero-order chi connectivity index (χ0) is 10.7. The normalized spacial score (nSPS) is 10.5. The molecule has 0 spiro atoms. The van der Waals surface area contributed by atoms with Crippen molar-refractivity contribution in [3.05, 3.63) is 34.9 Å². The summed E-state index contributed by atoms with van der Waals surface area (Å²) >= 11 is 5.78. The summed E-state index contributed by atoms with van der Waals surface area (Å²) in [4.78, 5) is 0. The van der Waals surface area contributed by atoms with Gasteiger partial charge in [-0.25, -0.2) is 4.68 Å². The molecule has 15 heavy (non-hydrogen) atoms. The van der Waals surface area contributed by atoms with E-state index in [2.05, 4.69) is 15.5 Å². The number of anilines is 1. The molecule has 1 heterocycles. The largest absolute Gasteiger partial charge is 0.367 e. The van der Waals surface area contributed by atoms with Gasteiger partial charge in [-0.15, -0.1) is 0 Å². The van der Waals surface area contributed by atoms with Crippen molar-refractivity contribution in [3.8, 4) is 0 Å². The van der Waals surface area contributed by atoms with Crippen LogP contribution in [-0.2, 0) is 13.0 Å². The van der Waals surface area contributed by atoms with Gasteiger partial charge in [-0.2, -0.15) is 0 Å². The molecule has 0 amide bonds. The summed E-state index contributed by atoms with van der Waals surface area (Å²) in [6, 6.07) is 7.67. The van der Waals surface area contributed by atoms with Crippen molar-refractivity contribution in [2.75, 3.05) is 5.73 Å². The van der Waals surface area contributed by atoms with E-state index in [0.717, 1.165) is 11.4 Å². The Balaban J connectivity index is 1.99. The van der Waals surface area contributed by atoms with Crippen LogP contribution in [-0.4, -0.2) is 20.2 Å². The molecule has 1 aromatic carbocycles. The average Bonchev–Trinajstić information content (AvgIpc) is 2.63. The van der Waals surface area contributed by atoms with Gasteiger partial charge in [0.15, 0.2) is 0 Å². The Bertz CT molecular complexity index is 436. The van der Waals surface area contributed by atoms with E-state index < -0.39 is 0 Å². The quantitative estimate of drug-likeness (QED) is 0.848. The number of tetrazole rings is 1. The predicted octanol–water partition coefficient (Wildman–Crippen LogP) is 1.15. The number of rotatable bonds is 3. The number of halogens is 1. The first kappa shape index (κ1) is 9.92. The van der Waals surface area contributed by atoms with Gasteiger partial charge in [0.2, 0.25) is 5.95 Å². The second-order valence-corrected chi connectivity index (χ2v) is 3.57. The SMILES string of the molecule is Nc1nnnn1CCc1ccc(Cl)cc1. The molecule has 2 aromatic rings. The van der Waals surface area contributed by atoms with E-state index in [-0.39, 0.29) is 0 Å². The van der Waals surface area contributed by atoms with Crippen LogP contribution in [0.2, 0.25) is 5.02 Å². The molecule has 0 unspecified atom stereocenters. The van der Waals surface area contributed by atoms with Gasteiger partial charge in [-0.05, 0) is 34.5 Å². The maximum absolute atomic E-state index is 5.78. The Morgan fingerprint density at radius 3 is 2.60 bits per heavy atom. The lowest BCUT2D eigenvalue weighted by Crippen LogP contribution is -2.07. The lowest BCUT2D eigenvalue weighted by molar-refractivity contribution is 0.595. The van der Waals surface area contributed by atoms with Crippen molar-refractivity contribution in [3.63, 3.8) is 0 Å². The van der Waals surface area contributed by atoms with Gasteiger partial charge < -0.3 is 5.73 Å². The molecular weight excluding hydrogens is 214 g/mol. The predicted molar refractivity (Wildman–Crippen MR) is 57.4 cm³/mol. The van der Waals surface area contributed by atoms with Crippen LogP contribution >= 0.6 is 11.6 Å². The maximum Gasteiger partial charge on any atom is 0.240 e. The Hall–Kier alpha value is -1.62. The summed E-state index contributed by atoms with van der Waals surface area (Å²) in [5.41, 5.74) is 6.71. The topological polar surface area (TPSA) is 69.6 Å². The summed E-state index contributed by atoms with van der Waals surface area (Å²) in [6.45, 7) is 0.667. The summed E-state index contributed by atoms with van der Waals surface area (Å²) in [5, 5.41) is 11.6. The van der Waals surface area contributed by atoms with Crippen molar-refractivity contribution in [2.45, 2.75) is 13.0 Å². The zero-order valence-electron chi connectivity index (χ0n) is 7.97. The number of nitrogens with two attached hydrogens (primary N) is 1. The zero-order valence-corrected chi connectivity index (χ0v) is 8.72. The standard InChI is InChI=1S/C9H10ClN5/c10-8-3-1-7(2-4-8)5-6-15-9(11)12-13-14-15/h1-4H,5-6H2,(H2,11,12,14). The first-order valence-corrected chi connectivity index (χ1v) is 4.89. The minimum atomic E-state index is 0.337. The van der Waals surface area contributed by atoms with Gasteiger partial charge in [0.25, 0.3) is 0 Å². The molecule has 78 valence electrons. The number of aromatic nitrogens is 4. The number of nitrogen functional groups attached to an aromatic ring is 1. The molecule has 0 bridgehead atoms. The lowest BCUT2D eigenvalue weighted by atomic mass is 10.1. The summed E-state index contributed by atoms with van der Waals surface area (Å²) in [6.07, 6.45) is 0.826. The molecule has 0 aliphatic carbocycles. The molecule has 0 fully saturated rings. The fourth-order valence-corrected chi connectivity index (χ4v) is 1.38. The fraction of sp³-hybridized carbons (Fsp3) is 0.222. The molecule has 5 nitrogen and oxygen atoms in total. The Morgan fingerprint density at radius 1 is 1.27 bits per heavy atom. The second kappa shape index (κ2) is 4.27. The van der Waals surface area contributed by atoms with Gasteiger partial charge in [-0.3, -0.25) is 0 Å². The molecule has 0 radical (unpaired) electrons. The summed E-state index contributed by atoms with van der Waals surface area (Å²) < 4.78 is 1.56. The van der Waals surface area contributed by atoms with Crippen molar-refractivity contribution < 1.29 is 0 Å². The minimum absolute atomic E-state index is 0.337. The number of hydrogen-bond donors (Lipinski definition) is 1. The highest BCUT2D eigenvalue weighted by molar-refractivity contribution is 6.30. The Kier molecular flexibility index (Phi) is 2.82. The molecule has 0 saturated carbocycles. The van der Waals surface area contributed by atoms with E-state index in [0.29, 0.717) is 12.5 Å². The fourth-order valence-electron chi connectivity index (χ4n) is 1.26. The van der Waals surface area contributed by atoms with Crippen molar-refractivity contribution in [1.29, 1.82) is 0 Å². The third-order valence-electron chi connectivity index (χ3n) is 2.09. The van der Waals surface area contributed by atoms with E-state index in [9.17, 15) is 0 Å². The second-order valence-electron chi connectivity index (χ2n) is 3.14. The highest BCUT2D eigenvalue weighted by atomic mass is 35.5. The highest BCUT2D eigenvalue weighted by Crippen LogP contribution is 2.10. The molecule has 0 saturated heterocycles. The summed E-state index contributed by atoms with van der Waals surface area (Å²) in [7, 11) is 0. The van der Waals surface area contributed by atoms with E-state index in [4.69, 9.17) is 17.3 Å². The number of benzene rings is 1. The third-order valence-corrected chi connectivity index (χ3v) is 2.34. The first-order valence-electron chi connectivity index (χ1n) is 4.52. The van der Waals surface area contributed by atoms with E-state index >= 15 is 0 Å². The molecule has 0 aliphatic heterocycles. The molecule has 0 aliphatic rings. The van der Waals surface area contributed by atoms with Crippen LogP contribution in [0.4, 0.5) is 5.95 Å². The van der Waals surface area contributed by atoms with Crippen molar-refractivity contribution in [2.24, 2.45) is 0 Å². The molecule has 2 rings (SSSR count). The molecule has 2 N–H and O–H groups in total. The van der Waals surface area contributed by atoms with Crippen LogP contribution in [0.25, 0.3) is 0 Å². The minimum Gasteiger partial charge on any atom is -0.367 e. The van der Waals surface area contributed by atoms with Gasteiger partial charge in [-0.1, -0.05) is 28.8 Å². The third kappa shape index (κ3) is 2.44. The maximum atomic E-state index is 5.78. The summed E-state index contributed by atoms with van der Waals surface area (Å²) in [5.74, 6) is 0.337. The van der Waals surface area contributed by atoms with E-state index in [1.807, 2.05) is 24.3 Å². The van der Waals surface area contributed by atoms with Crippen molar-refractivity contribution in [1.82, 2.24) is 20.2 Å². The number of nitrogens with zero attached hydrogens (tertiary/aromatic N) is 4. The average molecular weight is 224 g/mol. The Morgan fingerprint density at radius 2 is 2.00 bits per heavy atom. The van der Waals surface area contributed by atoms with Crippen LogP contribution < -0.4 is 5.73 Å². The molecule has 6 heteroatoms. The lowest BCUT2D eigenvalue weighted by Gasteiger charge is -2.01. The Labute approximate surface area is 91.8 Å². The van der Waals surface area contributed by atoms with Crippen LogP contribution in [0, 0.1) is 0 Å². The van der Waals surface area contributed by atoms with Crippen LogP contribution in [0.5, 0.6) is 0 Å². The van der Waals surface area contributed by atoms with Crippen LogP contribution in [0.15, 0.2) is 24.3 Å². The molecule has 1 aromatic heterocycles. The smallest absolute Gasteiger partial charge is 0.240 e. The van der Waals surface area contributed by atoms with Gasteiger partial charge in [0, 0.05) is 5.02 Å². The van der Waals surface area contributed by atoms with Crippen LogP contribution in [0.3, 0.4) is 0 Å². The number of aryl methyl sites for hydroxylation is 2. The first-order chi connectivity index (χ1) is 7.25. The van der Waals surface area contributed by atoms with Gasteiger partial charge in [0.1, 0.15) is 0 Å². The van der Waals surface area contributed by atoms with E-state index in [1.54, 1.807) is 4.68 Å². The highest BCUT2D eigenvalue weighted by Gasteiger charge is 2.00. The van der Waals surface area contributed by atoms with Crippen molar-refractivity contribution >= 4 is 17.5 Å². The van der Waals surface area contributed by atoms with E-state index in [1.165, 1.54) is 5.56 Å². The monoisotopic (exact) mass is 223 g/mol. The van der Waals surface area contributed by atoms with Gasteiger partial charge >= 0.3 is 0 Å². The number of hydrogen-bond acceptors (Lipinski definition) is 4. The van der Waals surface area contributed by atoms with Gasteiger partial charge in [0.05, 0.1) is 6.54 Å². The van der Waals surface area contributed by atoms with Crippen LogP contribution in [0.1, 0.15) is 5.56 Å².